The molecule has 0 bridgehead atoms. The number of ether oxygens (including phenoxy) is 1. The average molecular weight is 553 g/mol. The molecule has 0 unspecified atom stereocenters. The molecule has 0 atom stereocenters. The summed E-state index contributed by atoms with van der Waals surface area (Å²) in [4.78, 5) is 14.4. The van der Waals surface area contributed by atoms with Crippen LogP contribution in [0, 0.1) is 0 Å². The predicted molar refractivity (Wildman–Crippen MR) is 127 cm³/mol. The third-order valence-corrected chi connectivity index (χ3v) is 5.80. The van der Waals surface area contributed by atoms with Crippen LogP contribution in [0.25, 0.3) is 22.6 Å². The predicted octanol–water partition coefficient (Wildman–Crippen LogP) is 7.59. The molecule has 38 heavy (non-hydrogen) atoms. The Labute approximate surface area is 215 Å². The fourth-order valence-electron chi connectivity index (χ4n) is 3.60. The number of halogens is 7. The number of hydrogen-bond acceptors (Lipinski definition) is 5. The lowest BCUT2D eigenvalue weighted by molar-refractivity contribution is -0.141. The first kappa shape index (κ1) is 25.4. The number of benzene rings is 2. The molecule has 0 aliphatic heterocycles. The molecule has 0 saturated heterocycles. The van der Waals surface area contributed by atoms with Crippen molar-refractivity contribution in [1.82, 2.24) is 24.5 Å². The van der Waals surface area contributed by atoms with Gasteiger partial charge in [-0.3, -0.25) is 4.98 Å². The highest BCUT2D eigenvalue weighted by Gasteiger charge is 2.33. The third kappa shape index (κ3) is 5.09. The fraction of sp³-hybridized carbons (Fsp3) is 0.125. The summed E-state index contributed by atoms with van der Waals surface area (Å²) in [6.45, 7) is 0. The molecular formula is C24H15ClF6N6O. The minimum absolute atomic E-state index is 0.0689. The molecule has 3 aromatic heterocycles. The van der Waals surface area contributed by atoms with Crippen LogP contribution in [0.1, 0.15) is 11.3 Å². The lowest BCUT2D eigenvalue weighted by Gasteiger charge is -2.11. The zero-order valence-electron chi connectivity index (χ0n) is 19.1. The number of nitrogens with zero attached hydrogens (tertiary/aromatic N) is 4. The number of anilines is 2. The maximum Gasteiger partial charge on any atom is 0.432 e. The Kier molecular flexibility index (Phi) is 6.18. The Balaban J connectivity index is 1.38. The van der Waals surface area contributed by atoms with Crippen LogP contribution in [0.2, 0.25) is 5.02 Å². The Morgan fingerprint density at radius 3 is 2.37 bits per heavy atom. The van der Waals surface area contributed by atoms with Gasteiger partial charge in [-0.2, -0.15) is 26.3 Å². The number of rotatable bonds is 5. The van der Waals surface area contributed by atoms with E-state index in [1.54, 1.807) is 29.8 Å². The van der Waals surface area contributed by atoms with Crippen molar-refractivity contribution >= 4 is 34.3 Å². The van der Waals surface area contributed by atoms with Gasteiger partial charge in [-0.05, 0) is 36.4 Å². The number of fused-ring (bicyclic) bond motifs is 1. The fourth-order valence-corrected chi connectivity index (χ4v) is 3.83. The zero-order chi connectivity index (χ0) is 27.2. The summed E-state index contributed by atoms with van der Waals surface area (Å²) in [5, 5.41) is 2.81. The molecule has 0 aliphatic carbocycles. The standard InChI is InChI=1S/C24H15ClF6N6O/c1-37-19-5-3-13(38-14-6-7-32-18(10-14)21-33-11-20(36-21)24(29,30)31)9-17(19)35-22(37)34-16-4-2-12(8-15(16)25)23(26,27)28/h2-11H,1H3,(H,33,36)(H,34,35). The van der Waals surface area contributed by atoms with Crippen LogP contribution in [0.15, 0.2) is 60.9 Å². The second-order valence-corrected chi connectivity index (χ2v) is 8.49. The zero-order valence-corrected chi connectivity index (χ0v) is 19.9. The first-order valence-corrected chi connectivity index (χ1v) is 11.1. The largest absolute Gasteiger partial charge is 0.457 e. The maximum absolute atomic E-state index is 12.9. The molecule has 2 aromatic carbocycles. The van der Waals surface area contributed by atoms with E-state index in [-0.39, 0.29) is 22.2 Å². The normalized spacial score (nSPS) is 12.2. The minimum atomic E-state index is -4.57. The van der Waals surface area contributed by atoms with Gasteiger partial charge in [-0.15, -0.1) is 0 Å². The topological polar surface area (TPSA) is 80.7 Å². The summed E-state index contributed by atoms with van der Waals surface area (Å²) in [6, 6.07) is 10.9. The molecule has 7 nitrogen and oxygen atoms in total. The first-order valence-electron chi connectivity index (χ1n) is 10.8. The van der Waals surface area contributed by atoms with Gasteiger partial charge in [0.05, 0.1) is 33.5 Å². The molecule has 2 N–H and O–H groups in total. The Hall–Kier alpha value is -4.26. The summed E-state index contributed by atoms with van der Waals surface area (Å²) < 4.78 is 84.9. The number of aromatic nitrogens is 5. The Morgan fingerprint density at radius 1 is 0.921 bits per heavy atom. The highest BCUT2D eigenvalue weighted by molar-refractivity contribution is 6.33. The van der Waals surface area contributed by atoms with Gasteiger partial charge in [0.2, 0.25) is 5.95 Å². The van der Waals surface area contributed by atoms with E-state index in [4.69, 9.17) is 16.3 Å². The van der Waals surface area contributed by atoms with E-state index in [1.807, 2.05) is 0 Å². The smallest absolute Gasteiger partial charge is 0.432 e. The molecule has 3 heterocycles. The van der Waals surface area contributed by atoms with Crippen LogP contribution < -0.4 is 10.1 Å². The average Bonchev–Trinajstić information content (AvgIpc) is 3.46. The van der Waals surface area contributed by atoms with Crippen molar-refractivity contribution in [3.05, 3.63) is 77.2 Å². The lowest BCUT2D eigenvalue weighted by Crippen LogP contribution is -2.05. The van der Waals surface area contributed by atoms with Crippen LogP contribution in [-0.2, 0) is 19.4 Å². The number of nitrogens with one attached hydrogen (secondary N) is 2. The molecule has 0 amide bonds. The van der Waals surface area contributed by atoms with E-state index in [9.17, 15) is 26.3 Å². The van der Waals surface area contributed by atoms with E-state index in [1.165, 1.54) is 24.4 Å². The van der Waals surface area contributed by atoms with Crippen LogP contribution in [0.4, 0.5) is 38.0 Å². The van der Waals surface area contributed by atoms with Crippen LogP contribution >= 0.6 is 11.6 Å². The van der Waals surface area contributed by atoms with Crippen molar-refractivity contribution < 1.29 is 31.1 Å². The van der Waals surface area contributed by atoms with E-state index in [0.717, 1.165) is 12.1 Å². The summed E-state index contributed by atoms with van der Waals surface area (Å²) in [5.74, 6) is 0.927. The van der Waals surface area contributed by atoms with E-state index >= 15 is 0 Å². The van der Waals surface area contributed by atoms with Crippen LogP contribution in [0.5, 0.6) is 11.5 Å². The summed E-state index contributed by atoms with van der Waals surface area (Å²) in [7, 11) is 1.71. The number of pyridine rings is 1. The molecule has 0 aliphatic rings. The number of H-pyrrole nitrogens is 1. The number of hydrogen-bond donors (Lipinski definition) is 2. The lowest BCUT2D eigenvalue weighted by atomic mass is 10.2. The van der Waals surface area contributed by atoms with Crippen molar-refractivity contribution in [3.8, 4) is 23.0 Å². The van der Waals surface area contributed by atoms with Gasteiger partial charge in [-0.1, -0.05) is 11.6 Å². The third-order valence-electron chi connectivity index (χ3n) is 5.49. The summed E-state index contributed by atoms with van der Waals surface area (Å²) >= 11 is 6.05. The van der Waals surface area contributed by atoms with Crippen molar-refractivity contribution in [2.75, 3.05) is 5.32 Å². The van der Waals surface area contributed by atoms with E-state index in [2.05, 4.69) is 25.3 Å². The molecule has 5 rings (SSSR count). The van der Waals surface area contributed by atoms with Crippen molar-refractivity contribution in [2.45, 2.75) is 12.4 Å². The van der Waals surface area contributed by atoms with Crippen molar-refractivity contribution in [2.24, 2.45) is 7.05 Å². The molecule has 14 heteroatoms. The Bertz CT molecular complexity index is 1640. The molecule has 0 fully saturated rings. The van der Waals surface area contributed by atoms with Gasteiger partial charge >= 0.3 is 12.4 Å². The van der Waals surface area contributed by atoms with E-state index in [0.29, 0.717) is 34.7 Å². The number of alkyl halides is 6. The molecule has 0 radical (unpaired) electrons. The van der Waals surface area contributed by atoms with Gasteiger partial charge in [-0.25, -0.2) is 9.97 Å². The van der Waals surface area contributed by atoms with E-state index < -0.39 is 23.6 Å². The molecule has 196 valence electrons. The quantitative estimate of drug-likeness (QED) is 0.220. The van der Waals surface area contributed by atoms with Crippen molar-refractivity contribution in [1.29, 1.82) is 0 Å². The summed E-state index contributed by atoms with van der Waals surface area (Å²) in [6.07, 6.45) is -7.03. The molecule has 0 spiro atoms. The van der Waals surface area contributed by atoms with Gasteiger partial charge in [0, 0.05) is 25.4 Å². The van der Waals surface area contributed by atoms with Gasteiger partial charge in [0.15, 0.2) is 5.82 Å². The van der Waals surface area contributed by atoms with Crippen molar-refractivity contribution in [3.63, 3.8) is 0 Å². The molecule has 0 saturated carbocycles. The summed E-state index contributed by atoms with van der Waals surface area (Å²) in [5.41, 5.74) is -0.281. The highest BCUT2D eigenvalue weighted by atomic mass is 35.5. The van der Waals surface area contributed by atoms with Gasteiger partial charge in [0.1, 0.15) is 22.9 Å². The number of imidazole rings is 2. The second kappa shape index (κ2) is 9.24. The first-order chi connectivity index (χ1) is 17.9. The maximum atomic E-state index is 12.9. The monoisotopic (exact) mass is 552 g/mol. The van der Waals surface area contributed by atoms with Gasteiger partial charge < -0.3 is 19.6 Å². The minimum Gasteiger partial charge on any atom is -0.457 e. The van der Waals surface area contributed by atoms with Gasteiger partial charge in [0.25, 0.3) is 0 Å². The number of aryl methyl sites for hydroxylation is 1. The molecule has 5 aromatic rings. The van der Waals surface area contributed by atoms with Crippen LogP contribution in [-0.4, -0.2) is 24.5 Å². The number of aromatic amines is 1. The Morgan fingerprint density at radius 2 is 1.68 bits per heavy atom. The molecular weight excluding hydrogens is 538 g/mol. The van der Waals surface area contributed by atoms with Crippen LogP contribution in [0.3, 0.4) is 0 Å². The second-order valence-electron chi connectivity index (χ2n) is 8.08. The SMILES string of the molecule is Cn1c(Nc2ccc(C(F)(F)F)cc2Cl)nc2cc(Oc3ccnc(-c4ncc(C(F)(F)F)[nH]4)c3)ccc21. The highest BCUT2D eigenvalue weighted by Crippen LogP contribution is 2.36.